The normalized spacial score (nSPS) is 30.5. The maximum absolute atomic E-state index is 13.1. The van der Waals surface area contributed by atoms with Crippen LogP contribution in [0.5, 0.6) is 11.5 Å². The Labute approximate surface area is 217 Å². The minimum Gasteiger partial charge on any atom is -0.477 e. The summed E-state index contributed by atoms with van der Waals surface area (Å²) in [5, 5.41) is 4.48. The fourth-order valence-corrected chi connectivity index (χ4v) is 7.56. The Hall–Kier alpha value is -2.91. The van der Waals surface area contributed by atoms with Crippen molar-refractivity contribution in [2.45, 2.75) is 68.9 Å². The summed E-state index contributed by atoms with van der Waals surface area (Å²) in [4.78, 5) is 40.6. The first-order chi connectivity index (χ1) is 18.0. The van der Waals surface area contributed by atoms with Crippen LogP contribution in [0.4, 0.5) is 4.79 Å². The van der Waals surface area contributed by atoms with E-state index < -0.39 is 12.2 Å². The van der Waals surface area contributed by atoms with Gasteiger partial charge in [0.1, 0.15) is 6.54 Å². The van der Waals surface area contributed by atoms with Crippen LogP contribution in [0, 0.1) is 5.92 Å². The van der Waals surface area contributed by atoms with E-state index in [1.807, 2.05) is 17.2 Å². The van der Waals surface area contributed by atoms with Gasteiger partial charge in [-0.15, -0.1) is 6.58 Å². The number of hydrazine groups is 1. The lowest BCUT2D eigenvalue weighted by atomic mass is 9.51. The molecule has 0 radical (unpaired) electrons. The number of nitrogens with zero attached hydrogens (tertiary/aromatic N) is 2. The highest BCUT2D eigenvalue weighted by Gasteiger charge is 2.65. The second kappa shape index (κ2) is 9.76. The third kappa shape index (κ3) is 4.12. The Kier molecular flexibility index (Phi) is 6.44. The zero-order valence-corrected chi connectivity index (χ0v) is 21.3. The first-order valence-electron chi connectivity index (χ1n) is 13.7. The largest absolute Gasteiger partial charge is 0.477 e. The predicted molar refractivity (Wildman–Crippen MR) is 136 cm³/mol. The molecular formula is C28H36N4O5. The number of ether oxygens (including phenoxy) is 2. The number of amides is 2. The van der Waals surface area contributed by atoms with Gasteiger partial charge in [-0.1, -0.05) is 25.0 Å². The van der Waals surface area contributed by atoms with Crippen molar-refractivity contribution in [1.29, 1.82) is 0 Å². The van der Waals surface area contributed by atoms with Gasteiger partial charge in [-0.3, -0.25) is 19.9 Å². The van der Waals surface area contributed by atoms with E-state index in [1.165, 1.54) is 18.4 Å². The van der Waals surface area contributed by atoms with E-state index in [-0.39, 0.29) is 23.7 Å². The highest BCUT2D eigenvalue weighted by atomic mass is 16.6. The molecule has 3 fully saturated rings. The average molecular weight is 509 g/mol. The first kappa shape index (κ1) is 24.4. The molecule has 3 aliphatic heterocycles. The number of hydrogen-bond donors (Lipinski definition) is 2. The van der Waals surface area contributed by atoms with Gasteiger partial charge < -0.3 is 14.8 Å². The monoisotopic (exact) mass is 508 g/mol. The zero-order valence-electron chi connectivity index (χ0n) is 21.3. The maximum Gasteiger partial charge on any atom is 0.413 e. The quantitative estimate of drug-likeness (QED) is 0.570. The molecule has 2 aliphatic carbocycles. The molecule has 5 aliphatic rings. The Morgan fingerprint density at radius 3 is 2.78 bits per heavy atom. The second-order valence-electron chi connectivity index (χ2n) is 11.1. The second-order valence-corrected chi connectivity index (χ2v) is 11.1. The number of piperidine rings is 1. The lowest BCUT2D eigenvalue weighted by Crippen LogP contribution is -2.66. The Morgan fingerprint density at radius 2 is 2.00 bits per heavy atom. The highest BCUT2D eigenvalue weighted by molar-refractivity contribution is 5.89. The van der Waals surface area contributed by atoms with E-state index in [2.05, 4.69) is 22.2 Å². The summed E-state index contributed by atoms with van der Waals surface area (Å²) in [5.74, 6) is 1.02. The Bertz CT molecular complexity index is 1110. The number of Topliss-reactive ketones (excluding diaryl/α,β-unsaturated/α-hetero) is 1. The van der Waals surface area contributed by atoms with Crippen molar-refractivity contribution >= 4 is 17.8 Å². The number of carbonyl (C=O) groups is 3. The van der Waals surface area contributed by atoms with Crippen molar-refractivity contribution < 1.29 is 23.9 Å². The summed E-state index contributed by atoms with van der Waals surface area (Å²) < 4.78 is 12.0. The molecule has 1 spiro atoms. The number of likely N-dealkylation sites (tertiary alicyclic amines) is 1. The SMILES string of the molecule is C=CCN1CCC23c4c5ccc(OC(=O)NCC(=O)NN6CCCCCC6)c4OC2C(=O)CCC3C1C5. The van der Waals surface area contributed by atoms with E-state index in [4.69, 9.17) is 9.47 Å². The molecular weight excluding hydrogens is 472 g/mol. The predicted octanol–water partition coefficient (Wildman–Crippen LogP) is 2.48. The van der Waals surface area contributed by atoms with Crippen LogP contribution in [0.3, 0.4) is 0 Å². The van der Waals surface area contributed by atoms with Crippen LogP contribution in [0.1, 0.15) is 56.1 Å². The number of rotatable bonds is 6. The summed E-state index contributed by atoms with van der Waals surface area (Å²) in [7, 11) is 0. The number of nitrogens with one attached hydrogen (secondary N) is 2. The smallest absolute Gasteiger partial charge is 0.413 e. The molecule has 198 valence electrons. The molecule has 2 N–H and O–H groups in total. The Morgan fingerprint density at radius 1 is 1.19 bits per heavy atom. The van der Waals surface area contributed by atoms with Crippen molar-refractivity contribution in [3.8, 4) is 11.5 Å². The highest BCUT2D eigenvalue weighted by Crippen LogP contribution is 2.63. The average Bonchev–Trinajstić information content (AvgIpc) is 3.03. The van der Waals surface area contributed by atoms with Gasteiger partial charge in [0.2, 0.25) is 0 Å². The third-order valence-electron chi connectivity index (χ3n) is 9.06. The molecule has 0 aromatic heterocycles. The van der Waals surface area contributed by atoms with E-state index in [0.717, 1.165) is 63.8 Å². The fraction of sp³-hybridized carbons (Fsp3) is 0.607. The number of carbonyl (C=O) groups excluding carboxylic acids is 3. The fourth-order valence-electron chi connectivity index (χ4n) is 7.56. The lowest BCUT2D eigenvalue weighted by molar-refractivity contribution is -0.138. The molecule has 2 bridgehead atoms. The third-order valence-corrected chi connectivity index (χ3v) is 9.06. The summed E-state index contributed by atoms with van der Waals surface area (Å²) in [5.41, 5.74) is 4.75. The van der Waals surface area contributed by atoms with Crippen LogP contribution in [-0.2, 0) is 21.4 Å². The summed E-state index contributed by atoms with van der Waals surface area (Å²) in [6.45, 7) is 7.13. The topological polar surface area (TPSA) is 100 Å². The van der Waals surface area contributed by atoms with Crippen LogP contribution in [0.15, 0.2) is 24.8 Å². The molecule has 6 rings (SSSR count). The molecule has 1 saturated carbocycles. The molecule has 3 heterocycles. The van der Waals surface area contributed by atoms with Gasteiger partial charge in [-0.25, -0.2) is 9.80 Å². The van der Waals surface area contributed by atoms with Crippen LogP contribution >= 0.6 is 0 Å². The van der Waals surface area contributed by atoms with Gasteiger partial charge in [-0.2, -0.15) is 0 Å². The molecule has 9 heteroatoms. The summed E-state index contributed by atoms with van der Waals surface area (Å²) in [6.07, 6.45) is 8.26. The molecule has 2 amide bonds. The minimum absolute atomic E-state index is 0.136. The maximum atomic E-state index is 13.1. The summed E-state index contributed by atoms with van der Waals surface area (Å²) in [6, 6.07) is 4.13. The molecule has 2 saturated heterocycles. The van der Waals surface area contributed by atoms with E-state index in [0.29, 0.717) is 29.9 Å². The van der Waals surface area contributed by atoms with E-state index in [9.17, 15) is 14.4 Å². The van der Waals surface area contributed by atoms with Gasteiger partial charge in [0.05, 0.1) is 0 Å². The molecule has 1 aromatic carbocycles. The van der Waals surface area contributed by atoms with Crippen LogP contribution in [0.25, 0.3) is 0 Å². The molecule has 4 atom stereocenters. The van der Waals surface area contributed by atoms with E-state index >= 15 is 0 Å². The molecule has 4 unspecified atom stereocenters. The van der Waals surface area contributed by atoms with Crippen molar-refractivity contribution in [1.82, 2.24) is 20.7 Å². The van der Waals surface area contributed by atoms with Crippen molar-refractivity contribution in [2.75, 3.05) is 32.7 Å². The zero-order chi connectivity index (χ0) is 25.6. The first-order valence-corrected chi connectivity index (χ1v) is 13.7. The van der Waals surface area contributed by atoms with Crippen molar-refractivity contribution in [2.24, 2.45) is 5.92 Å². The van der Waals surface area contributed by atoms with Gasteiger partial charge in [0.25, 0.3) is 5.91 Å². The van der Waals surface area contributed by atoms with Gasteiger partial charge in [0.15, 0.2) is 23.4 Å². The molecule has 9 nitrogen and oxygen atoms in total. The standard InChI is InChI=1S/C28H36N4O5/c1-2-12-31-15-11-28-19-8-9-21(33)26(28)37-25-22(10-7-18(24(25)28)16-20(19)31)36-27(35)29-17-23(34)30-32-13-5-3-4-6-14-32/h2,7,10,19-20,26H,1,3-6,8-9,11-17H2,(H,29,35)(H,30,34). The van der Waals surface area contributed by atoms with E-state index in [1.54, 1.807) is 6.07 Å². The van der Waals surface area contributed by atoms with Gasteiger partial charge >= 0.3 is 6.09 Å². The summed E-state index contributed by atoms with van der Waals surface area (Å²) >= 11 is 0. The lowest BCUT2D eigenvalue weighted by Gasteiger charge is -2.57. The Balaban J connectivity index is 1.19. The van der Waals surface area contributed by atoms with Gasteiger partial charge in [0, 0.05) is 43.1 Å². The van der Waals surface area contributed by atoms with Crippen molar-refractivity contribution in [3.63, 3.8) is 0 Å². The number of ketones is 1. The van der Waals surface area contributed by atoms with Crippen LogP contribution in [0.2, 0.25) is 0 Å². The van der Waals surface area contributed by atoms with Crippen LogP contribution in [-0.4, -0.2) is 72.6 Å². The molecule has 1 aromatic rings. The number of benzene rings is 1. The molecule has 37 heavy (non-hydrogen) atoms. The van der Waals surface area contributed by atoms with Crippen LogP contribution < -0.4 is 20.2 Å². The van der Waals surface area contributed by atoms with Gasteiger partial charge in [-0.05, 0) is 56.2 Å². The van der Waals surface area contributed by atoms with Crippen molar-refractivity contribution in [3.05, 3.63) is 35.9 Å². The minimum atomic E-state index is -0.712. The number of hydrogen-bond acceptors (Lipinski definition) is 7.